The maximum Gasteiger partial charge on any atom is 0.317 e. The Morgan fingerprint density at radius 2 is 1.75 bits per heavy atom. The summed E-state index contributed by atoms with van der Waals surface area (Å²) in [5.74, 6) is 1.01. The highest BCUT2D eigenvalue weighted by Gasteiger charge is 2.27. The van der Waals surface area contributed by atoms with Gasteiger partial charge < -0.3 is 20.3 Å². The molecule has 1 aliphatic rings. The quantitative estimate of drug-likeness (QED) is 0.770. The monoisotopic (exact) mass is 382 g/mol. The summed E-state index contributed by atoms with van der Waals surface area (Å²) in [6, 6.07) is 11.3. The Hall–Kier alpha value is -3.09. The van der Waals surface area contributed by atoms with Gasteiger partial charge in [-0.1, -0.05) is 12.1 Å². The Kier molecular flexibility index (Phi) is 6.84. The average molecular weight is 382 g/mol. The van der Waals surface area contributed by atoms with Crippen LogP contribution in [0.5, 0.6) is 5.75 Å². The highest BCUT2D eigenvalue weighted by atomic mass is 16.5. The Balaban J connectivity index is 1.37. The van der Waals surface area contributed by atoms with Crippen LogP contribution in [-0.2, 0) is 17.9 Å². The number of urea groups is 1. The van der Waals surface area contributed by atoms with Gasteiger partial charge in [0, 0.05) is 45.0 Å². The number of methoxy groups -OCH3 is 1. The summed E-state index contributed by atoms with van der Waals surface area (Å²) >= 11 is 0. The van der Waals surface area contributed by atoms with Crippen LogP contribution in [0.2, 0.25) is 0 Å². The number of carbonyl (C=O) groups is 2. The van der Waals surface area contributed by atoms with Gasteiger partial charge in [0.15, 0.2) is 0 Å². The number of likely N-dealkylation sites (tertiary alicyclic amines) is 1. The molecule has 0 spiro atoms. The van der Waals surface area contributed by atoms with Crippen LogP contribution in [0.25, 0.3) is 0 Å². The van der Waals surface area contributed by atoms with Crippen molar-refractivity contribution in [1.82, 2.24) is 20.5 Å². The molecule has 2 aromatic rings. The maximum absolute atomic E-state index is 12.4. The lowest BCUT2D eigenvalue weighted by Gasteiger charge is -2.17. The first-order valence-corrected chi connectivity index (χ1v) is 9.45. The number of ether oxygens (including phenoxy) is 1. The summed E-state index contributed by atoms with van der Waals surface area (Å²) in [5.41, 5.74) is 2.04. The zero-order valence-electron chi connectivity index (χ0n) is 16.1. The van der Waals surface area contributed by atoms with E-state index in [9.17, 15) is 9.59 Å². The van der Waals surface area contributed by atoms with Crippen LogP contribution in [0.15, 0.2) is 48.8 Å². The number of rotatable bonds is 7. The van der Waals surface area contributed by atoms with Crippen molar-refractivity contribution < 1.29 is 14.3 Å². The standard InChI is InChI=1S/C21H26N4O3/c1-28-19-4-2-16(3-5-19)14-24-21(27)25-11-8-18(15-25)12-20(26)23-13-17-6-9-22-10-7-17/h2-7,9-10,18H,8,11-15H2,1H3,(H,23,26)(H,24,27). The van der Waals surface area contributed by atoms with Crippen LogP contribution < -0.4 is 15.4 Å². The fraction of sp³-hybridized carbons (Fsp3) is 0.381. The molecule has 7 nitrogen and oxygen atoms in total. The topological polar surface area (TPSA) is 83.6 Å². The number of benzene rings is 1. The summed E-state index contributed by atoms with van der Waals surface area (Å²) in [6.07, 6.45) is 4.70. The lowest BCUT2D eigenvalue weighted by molar-refractivity contribution is -0.122. The third-order valence-corrected chi connectivity index (χ3v) is 4.89. The van der Waals surface area contributed by atoms with Gasteiger partial charge in [0.1, 0.15) is 5.75 Å². The van der Waals surface area contributed by atoms with E-state index in [1.807, 2.05) is 36.4 Å². The smallest absolute Gasteiger partial charge is 0.317 e. The number of nitrogens with zero attached hydrogens (tertiary/aromatic N) is 2. The van der Waals surface area contributed by atoms with Gasteiger partial charge in [0.25, 0.3) is 0 Å². The molecule has 1 aliphatic heterocycles. The molecule has 1 unspecified atom stereocenters. The molecule has 0 radical (unpaired) electrons. The van der Waals surface area contributed by atoms with E-state index in [0.717, 1.165) is 23.3 Å². The number of pyridine rings is 1. The van der Waals surface area contributed by atoms with E-state index in [0.29, 0.717) is 32.6 Å². The predicted molar refractivity (Wildman–Crippen MR) is 106 cm³/mol. The number of hydrogen-bond donors (Lipinski definition) is 2. The molecule has 1 aromatic carbocycles. The Labute approximate surface area is 165 Å². The summed E-state index contributed by atoms with van der Waals surface area (Å²) in [7, 11) is 1.62. The highest BCUT2D eigenvalue weighted by Crippen LogP contribution is 2.20. The second-order valence-corrected chi connectivity index (χ2v) is 6.94. The molecule has 0 bridgehead atoms. The van der Waals surface area contributed by atoms with E-state index in [2.05, 4.69) is 15.6 Å². The molecule has 3 amide bonds. The first-order valence-electron chi connectivity index (χ1n) is 9.45. The minimum Gasteiger partial charge on any atom is -0.497 e. The number of nitrogens with one attached hydrogen (secondary N) is 2. The number of carbonyl (C=O) groups excluding carboxylic acids is 2. The van der Waals surface area contributed by atoms with Crippen molar-refractivity contribution in [2.75, 3.05) is 20.2 Å². The number of aromatic nitrogens is 1. The van der Waals surface area contributed by atoms with Crippen molar-refractivity contribution in [3.63, 3.8) is 0 Å². The number of hydrogen-bond acceptors (Lipinski definition) is 4. The van der Waals surface area contributed by atoms with Crippen molar-refractivity contribution in [1.29, 1.82) is 0 Å². The normalized spacial score (nSPS) is 15.9. The molecule has 2 N–H and O–H groups in total. The SMILES string of the molecule is COc1ccc(CNC(=O)N2CCC(CC(=O)NCc3ccncc3)C2)cc1. The molecule has 2 heterocycles. The summed E-state index contributed by atoms with van der Waals surface area (Å²) in [6.45, 7) is 2.25. The summed E-state index contributed by atoms with van der Waals surface area (Å²) in [4.78, 5) is 30.3. The molecule has 1 atom stereocenters. The molecule has 148 valence electrons. The van der Waals surface area contributed by atoms with Gasteiger partial charge in [-0.25, -0.2) is 4.79 Å². The van der Waals surface area contributed by atoms with E-state index in [1.165, 1.54) is 0 Å². The van der Waals surface area contributed by atoms with Crippen molar-refractivity contribution in [3.05, 3.63) is 59.9 Å². The Morgan fingerprint density at radius 1 is 1.07 bits per heavy atom. The van der Waals surface area contributed by atoms with E-state index in [-0.39, 0.29) is 17.9 Å². The van der Waals surface area contributed by atoms with Crippen LogP contribution in [0, 0.1) is 5.92 Å². The average Bonchev–Trinajstić information content (AvgIpc) is 3.20. The molecule has 3 rings (SSSR count). The Morgan fingerprint density at radius 3 is 2.46 bits per heavy atom. The van der Waals surface area contributed by atoms with E-state index in [1.54, 1.807) is 24.4 Å². The molecule has 1 saturated heterocycles. The van der Waals surface area contributed by atoms with Gasteiger partial charge in [-0.3, -0.25) is 9.78 Å². The van der Waals surface area contributed by atoms with Gasteiger partial charge in [-0.15, -0.1) is 0 Å². The third-order valence-electron chi connectivity index (χ3n) is 4.89. The van der Waals surface area contributed by atoms with Crippen LogP contribution in [0.4, 0.5) is 4.79 Å². The molecule has 1 fully saturated rings. The second kappa shape index (κ2) is 9.73. The zero-order chi connectivity index (χ0) is 19.8. The van der Waals surface area contributed by atoms with E-state index in [4.69, 9.17) is 4.74 Å². The van der Waals surface area contributed by atoms with Crippen LogP contribution >= 0.6 is 0 Å². The minimum atomic E-state index is -0.0875. The van der Waals surface area contributed by atoms with Gasteiger partial charge in [0.2, 0.25) is 5.91 Å². The van der Waals surface area contributed by atoms with Gasteiger partial charge in [-0.05, 0) is 47.7 Å². The lowest BCUT2D eigenvalue weighted by Crippen LogP contribution is -2.38. The first-order chi connectivity index (χ1) is 13.6. The second-order valence-electron chi connectivity index (χ2n) is 6.94. The molecular weight excluding hydrogens is 356 g/mol. The molecule has 0 saturated carbocycles. The molecule has 0 aliphatic carbocycles. The predicted octanol–water partition coefficient (Wildman–Crippen LogP) is 2.33. The van der Waals surface area contributed by atoms with Crippen LogP contribution in [0.3, 0.4) is 0 Å². The first kappa shape index (κ1) is 19.7. The minimum absolute atomic E-state index is 0.0160. The fourth-order valence-electron chi connectivity index (χ4n) is 3.25. The summed E-state index contributed by atoms with van der Waals surface area (Å²) < 4.78 is 5.13. The van der Waals surface area contributed by atoms with Crippen molar-refractivity contribution in [2.45, 2.75) is 25.9 Å². The van der Waals surface area contributed by atoms with Crippen LogP contribution in [0.1, 0.15) is 24.0 Å². The molecule has 1 aromatic heterocycles. The van der Waals surface area contributed by atoms with Gasteiger partial charge in [-0.2, -0.15) is 0 Å². The lowest BCUT2D eigenvalue weighted by atomic mass is 10.0. The third kappa shape index (κ3) is 5.70. The van der Waals surface area contributed by atoms with Crippen molar-refractivity contribution in [2.24, 2.45) is 5.92 Å². The van der Waals surface area contributed by atoms with Crippen molar-refractivity contribution >= 4 is 11.9 Å². The largest absolute Gasteiger partial charge is 0.497 e. The maximum atomic E-state index is 12.4. The molecular formula is C21H26N4O3. The highest BCUT2D eigenvalue weighted by molar-refractivity contribution is 5.77. The van der Waals surface area contributed by atoms with E-state index >= 15 is 0 Å². The summed E-state index contributed by atoms with van der Waals surface area (Å²) in [5, 5.41) is 5.87. The van der Waals surface area contributed by atoms with Crippen LogP contribution in [-0.4, -0.2) is 42.0 Å². The van der Waals surface area contributed by atoms with Crippen molar-refractivity contribution in [3.8, 4) is 5.75 Å². The Bertz CT molecular complexity index is 780. The van der Waals surface area contributed by atoms with E-state index < -0.39 is 0 Å². The molecule has 7 heteroatoms. The zero-order valence-corrected chi connectivity index (χ0v) is 16.1. The van der Waals surface area contributed by atoms with Gasteiger partial charge >= 0.3 is 6.03 Å². The molecule has 28 heavy (non-hydrogen) atoms. The van der Waals surface area contributed by atoms with Gasteiger partial charge in [0.05, 0.1) is 7.11 Å². The fourth-order valence-corrected chi connectivity index (χ4v) is 3.25. The number of amides is 3.